The number of allylic oxidation sites excluding steroid dienone is 10. The van der Waals surface area contributed by atoms with Crippen LogP contribution in [-0.2, 0) is 42.2 Å². The van der Waals surface area contributed by atoms with Gasteiger partial charge in [-0.15, -0.1) is 0 Å². The van der Waals surface area contributed by atoms with Gasteiger partial charge in [-0.05, 0) is 83.5 Å². The third-order valence-electron chi connectivity index (χ3n) is 12.4. The van der Waals surface area contributed by atoms with Crippen LogP contribution in [0.1, 0.15) is 265 Å². The first-order valence-electron chi connectivity index (χ1n) is 29.2. The van der Waals surface area contributed by atoms with E-state index >= 15 is 0 Å². The van der Waals surface area contributed by atoms with E-state index in [0.29, 0.717) is 19.3 Å². The summed E-state index contributed by atoms with van der Waals surface area (Å²) in [5.74, 6) is -1.50. The highest BCUT2D eigenvalue weighted by Crippen LogP contribution is 2.43. The highest BCUT2D eigenvalue weighted by molar-refractivity contribution is 7.47. The first-order chi connectivity index (χ1) is 35.2. The number of aliphatic hydroxyl groups is 1. The lowest BCUT2D eigenvalue weighted by atomic mass is 10.0. The maximum absolute atomic E-state index is 12.9. The van der Waals surface area contributed by atoms with Gasteiger partial charge in [-0.1, -0.05) is 223 Å². The molecule has 72 heavy (non-hydrogen) atoms. The summed E-state index contributed by atoms with van der Waals surface area (Å²) in [5.41, 5.74) is 0. The molecule has 12 heteroatoms. The molecule has 0 saturated carbocycles. The lowest BCUT2D eigenvalue weighted by Gasteiger charge is -2.21. The average molecular weight is 1040 g/mol. The Morgan fingerprint density at radius 3 is 1.15 bits per heavy atom. The highest BCUT2D eigenvalue weighted by atomic mass is 31.2. The van der Waals surface area contributed by atoms with Gasteiger partial charge < -0.3 is 24.2 Å². The first-order valence-corrected chi connectivity index (χ1v) is 30.7. The zero-order valence-corrected chi connectivity index (χ0v) is 47.0. The van der Waals surface area contributed by atoms with Gasteiger partial charge >= 0.3 is 25.7 Å². The Labute approximate surface area is 440 Å². The van der Waals surface area contributed by atoms with Gasteiger partial charge in [0.2, 0.25) is 0 Å². The van der Waals surface area contributed by atoms with E-state index in [1.165, 1.54) is 103 Å². The molecule has 0 aliphatic heterocycles. The van der Waals surface area contributed by atoms with Crippen molar-refractivity contribution in [2.75, 3.05) is 26.4 Å². The summed E-state index contributed by atoms with van der Waals surface area (Å²) in [6, 6.07) is 0. The predicted molar refractivity (Wildman–Crippen MR) is 298 cm³/mol. The fourth-order valence-corrected chi connectivity index (χ4v) is 8.77. The average Bonchev–Trinajstić information content (AvgIpc) is 3.37. The van der Waals surface area contributed by atoms with Crippen LogP contribution in [0.5, 0.6) is 0 Å². The minimum Gasteiger partial charge on any atom is -0.462 e. The van der Waals surface area contributed by atoms with Crippen molar-refractivity contribution in [3.63, 3.8) is 0 Å². The van der Waals surface area contributed by atoms with Crippen LogP contribution in [0.15, 0.2) is 60.8 Å². The second kappa shape index (κ2) is 54.4. The van der Waals surface area contributed by atoms with Gasteiger partial charge in [0.15, 0.2) is 6.10 Å². The van der Waals surface area contributed by atoms with Crippen molar-refractivity contribution in [2.45, 2.75) is 277 Å². The monoisotopic (exact) mass is 1030 g/mol. The number of phosphoric ester groups is 1. The van der Waals surface area contributed by atoms with E-state index in [9.17, 15) is 28.9 Å². The minimum atomic E-state index is -4.76. The number of carbonyl (C=O) groups excluding carboxylic acids is 3. The van der Waals surface area contributed by atoms with Crippen molar-refractivity contribution < 1.29 is 52.2 Å². The molecule has 0 fully saturated rings. The number of hydrogen-bond acceptors (Lipinski definition) is 10. The van der Waals surface area contributed by atoms with Gasteiger partial charge in [-0.3, -0.25) is 23.4 Å². The van der Waals surface area contributed by atoms with Crippen LogP contribution in [0.2, 0.25) is 0 Å². The number of hydrogen-bond donors (Lipinski definition) is 2. The van der Waals surface area contributed by atoms with E-state index in [1.54, 1.807) is 0 Å². The van der Waals surface area contributed by atoms with Crippen LogP contribution >= 0.6 is 7.82 Å². The van der Waals surface area contributed by atoms with Crippen molar-refractivity contribution >= 4 is 25.7 Å². The quantitative estimate of drug-likeness (QED) is 0.0197. The zero-order chi connectivity index (χ0) is 52.7. The Kier molecular flexibility index (Phi) is 52.3. The summed E-state index contributed by atoms with van der Waals surface area (Å²) in [4.78, 5) is 48.5. The van der Waals surface area contributed by atoms with Gasteiger partial charge in [-0.2, -0.15) is 0 Å². The third-order valence-corrected chi connectivity index (χ3v) is 13.4. The molecule has 0 aromatic carbocycles. The summed E-state index contributed by atoms with van der Waals surface area (Å²) >= 11 is 0. The second-order valence-corrected chi connectivity index (χ2v) is 20.9. The fourth-order valence-electron chi connectivity index (χ4n) is 7.99. The van der Waals surface area contributed by atoms with Gasteiger partial charge in [0.1, 0.15) is 12.7 Å². The number of unbranched alkanes of at least 4 members (excludes halogenated alkanes) is 27. The Bertz CT molecular complexity index is 1440. The van der Waals surface area contributed by atoms with Crippen LogP contribution in [-0.4, -0.2) is 66.5 Å². The molecule has 0 aromatic rings. The van der Waals surface area contributed by atoms with E-state index in [-0.39, 0.29) is 25.9 Å². The topological polar surface area (TPSA) is 155 Å². The van der Waals surface area contributed by atoms with E-state index in [0.717, 1.165) is 103 Å². The van der Waals surface area contributed by atoms with Gasteiger partial charge in [-0.25, -0.2) is 4.57 Å². The van der Waals surface area contributed by atoms with Crippen molar-refractivity contribution in [3.8, 4) is 0 Å². The van der Waals surface area contributed by atoms with Gasteiger partial charge in [0.25, 0.3) is 0 Å². The third kappa shape index (κ3) is 52.1. The van der Waals surface area contributed by atoms with Crippen LogP contribution in [0, 0.1) is 0 Å². The van der Waals surface area contributed by atoms with Crippen LogP contribution < -0.4 is 0 Å². The van der Waals surface area contributed by atoms with E-state index in [1.807, 2.05) is 0 Å². The molecular formula is C60H107O11P. The molecule has 2 N–H and O–H groups in total. The number of ether oxygens (including phenoxy) is 3. The molecule has 0 rings (SSSR count). The molecular weight excluding hydrogens is 928 g/mol. The molecule has 0 heterocycles. The molecule has 418 valence electrons. The first kappa shape index (κ1) is 69.2. The summed E-state index contributed by atoms with van der Waals surface area (Å²) in [6.45, 7) is 4.48. The van der Waals surface area contributed by atoms with Gasteiger partial charge in [0.05, 0.1) is 19.8 Å². The Hall–Kier alpha value is -2.82. The summed E-state index contributed by atoms with van der Waals surface area (Å²) in [6.07, 6.45) is 59.0. The van der Waals surface area contributed by atoms with E-state index in [4.69, 9.17) is 23.3 Å². The normalized spacial score (nSPS) is 13.8. The molecule has 0 aliphatic rings. The largest absolute Gasteiger partial charge is 0.472 e. The van der Waals surface area contributed by atoms with Crippen molar-refractivity contribution in [3.05, 3.63) is 60.8 Å². The molecule has 0 amide bonds. The number of rotatable bonds is 54. The maximum atomic E-state index is 12.9. The standard InChI is InChI=1S/C60H107O11P/c1-4-7-10-13-16-19-22-25-27-28-30-32-34-37-40-43-46-49-58(62)67-53-57(71-60(64)51-48-45-42-39-36-33-29-26-23-20-17-14-11-8-5-2)55-69-72(65,66)68-54-56(52-61)70-59(63)50-47-44-41-38-35-31-24-21-18-15-12-9-6-3/h9,12,17-18,20-21,26,29,31,35,56-57,61H,4-8,10-11,13-16,19,22-25,27-28,30,32-34,36-55H2,1-3H3,(H,65,66)/b12-9-,20-17-,21-18-,29-26-,35-31-. The number of carbonyl (C=O) groups is 3. The second-order valence-electron chi connectivity index (χ2n) is 19.4. The smallest absolute Gasteiger partial charge is 0.462 e. The molecule has 0 aromatic heterocycles. The summed E-state index contributed by atoms with van der Waals surface area (Å²) < 4.78 is 39.5. The Morgan fingerprint density at radius 2 is 0.722 bits per heavy atom. The minimum absolute atomic E-state index is 0.141. The molecule has 0 spiro atoms. The fraction of sp³-hybridized carbons (Fsp3) is 0.783. The lowest BCUT2D eigenvalue weighted by Crippen LogP contribution is -2.30. The Balaban J connectivity index is 4.74. The molecule has 3 unspecified atom stereocenters. The molecule has 0 radical (unpaired) electrons. The van der Waals surface area contributed by atoms with Crippen LogP contribution in [0.4, 0.5) is 0 Å². The van der Waals surface area contributed by atoms with Crippen molar-refractivity contribution in [1.82, 2.24) is 0 Å². The lowest BCUT2D eigenvalue weighted by molar-refractivity contribution is -0.161. The molecule has 11 nitrogen and oxygen atoms in total. The van der Waals surface area contributed by atoms with Crippen LogP contribution in [0.25, 0.3) is 0 Å². The molecule has 0 bridgehead atoms. The predicted octanol–water partition coefficient (Wildman–Crippen LogP) is 17.1. The van der Waals surface area contributed by atoms with Crippen LogP contribution in [0.3, 0.4) is 0 Å². The molecule has 3 atom stereocenters. The Morgan fingerprint density at radius 1 is 0.403 bits per heavy atom. The summed E-state index contributed by atoms with van der Waals surface area (Å²) in [5, 5.41) is 9.80. The summed E-state index contributed by atoms with van der Waals surface area (Å²) in [7, 11) is -4.76. The SMILES string of the molecule is CC/C=C\C/C=C\C/C=C\CCCCCC(=O)OC(CO)COP(=O)(O)OCC(COC(=O)CCCCCCCCCCCCCCCCCCC)OC(=O)CCCCCCC/C=C\C/C=C\CCCCC. The number of esters is 3. The maximum Gasteiger partial charge on any atom is 0.472 e. The van der Waals surface area contributed by atoms with Gasteiger partial charge in [0, 0.05) is 19.3 Å². The molecule has 0 aliphatic carbocycles. The van der Waals surface area contributed by atoms with E-state index < -0.39 is 57.8 Å². The number of aliphatic hydroxyl groups excluding tert-OH is 1. The highest BCUT2D eigenvalue weighted by Gasteiger charge is 2.28. The molecule has 0 saturated heterocycles. The zero-order valence-electron chi connectivity index (χ0n) is 46.1. The number of phosphoric acid groups is 1. The van der Waals surface area contributed by atoms with Crippen molar-refractivity contribution in [2.24, 2.45) is 0 Å². The van der Waals surface area contributed by atoms with E-state index in [2.05, 4.69) is 81.5 Å². The van der Waals surface area contributed by atoms with Crippen molar-refractivity contribution in [1.29, 1.82) is 0 Å².